The van der Waals surface area contributed by atoms with E-state index in [1.54, 1.807) is 14.2 Å². The van der Waals surface area contributed by atoms with E-state index in [2.05, 4.69) is 0 Å². The third kappa shape index (κ3) is 3.39. The number of carbonyl (C=O) groups is 1. The van der Waals surface area contributed by atoms with Gasteiger partial charge in [-0.05, 0) is 30.5 Å². The molecular formula is C14H20O4. The fourth-order valence-electron chi connectivity index (χ4n) is 1.85. The highest BCUT2D eigenvalue weighted by molar-refractivity contribution is 5.72. The van der Waals surface area contributed by atoms with Crippen molar-refractivity contribution in [3.05, 3.63) is 23.8 Å². The molecule has 0 heterocycles. The summed E-state index contributed by atoms with van der Waals surface area (Å²) in [6.07, 6.45) is 1.39. The SMILES string of the molecule is CCC(Cc1ccc(OC)c(OC)c1)C(=O)OC. The van der Waals surface area contributed by atoms with Gasteiger partial charge in [0.15, 0.2) is 11.5 Å². The van der Waals surface area contributed by atoms with Gasteiger partial charge in [-0.2, -0.15) is 0 Å². The molecule has 0 saturated carbocycles. The first kappa shape index (κ1) is 14.4. The molecule has 0 bridgehead atoms. The van der Waals surface area contributed by atoms with Gasteiger partial charge in [-0.1, -0.05) is 13.0 Å². The lowest BCUT2D eigenvalue weighted by atomic mass is 9.97. The number of rotatable bonds is 6. The molecule has 4 heteroatoms. The van der Waals surface area contributed by atoms with Crippen LogP contribution in [0.4, 0.5) is 0 Å². The zero-order chi connectivity index (χ0) is 13.5. The predicted octanol–water partition coefficient (Wildman–Crippen LogP) is 2.45. The Morgan fingerprint density at radius 1 is 1.17 bits per heavy atom. The fraction of sp³-hybridized carbons (Fsp3) is 0.500. The average Bonchev–Trinajstić information content (AvgIpc) is 2.43. The molecule has 1 unspecified atom stereocenters. The van der Waals surface area contributed by atoms with Gasteiger partial charge in [0, 0.05) is 0 Å². The number of carbonyl (C=O) groups excluding carboxylic acids is 1. The van der Waals surface area contributed by atoms with Crippen LogP contribution >= 0.6 is 0 Å². The number of benzene rings is 1. The van der Waals surface area contributed by atoms with E-state index in [1.807, 2.05) is 25.1 Å². The van der Waals surface area contributed by atoms with Gasteiger partial charge in [-0.3, -0.25) is 4.79 Å². The van der Waals surface area contributed by atoms with E-state index in [0.29, 0.717) is 17.9 Å². The van der Waals surface area contributed by atoms with Crippen molar-refractivity contribution in [1.29, 1.82) is 0 Å². The second-order valence-corrected chi connectivity index (χ2v) is 4.02. The summed E-state index contributed by atoms with van der Waals surface area (Å²) in [4.78, 5) is 11.5. The van der Waals surface area contributed by atoms with E-state index in [9.17, 15) is 4.79 Å². The normalized spacial score (nSPS) is 11.8. The van der Waals surface area contributed by atoms with Crippen molar-refractivity contribution in [2.75, 3.05) is 21.3 Å². The predicted molar refractivity (Wildman–Crippen MR) is 69.0 cm³/mol. The van der Waals surface area contributed by atoms with Crippen molar-refractivity contribution < 1.29 is 19.0 Å². The first-order valence-corrected chi connectivity index (χ1v) is 5.95. The molecule has 0 amide bonds. The summed E-state index contributed by atoms with van der Waals surface area (Å²) in [5.41, 5.74) is 1.03. The van der Waals surface area contributed by atoms with Crippen molar-refractivity contribution in [3.8, 4) is 11.5 Å². The van der Waals surface area contributed by atoms with Gasteiger partial charge in [0.05, 0.1) is 27.2 Å². The molecule has 0 aliphatic heterocycles. The summed E-state index contributed by atoms with van der Waals surface area (Å²) in [7, 11) is 4.61. The van der Waals surface area contributed by atoms with Crippen molar-refractivity contribution in [2.24, 2.45) is 5.92 Å². The Labute approximate surface area is 108 Å². The molecule has 0 radical (unpaired) electrons. The molecule has 4 nitrogen and oxygen atoms in total. The molecule has 0 aliphatic carbocycles. The minimum atomic E-state index is -0.174. The van der Waals surface area contributed by atoms with Gasteiger partial charge in [-0.15, -0.1) is 0 Å². The van der Waals surface area contributed by atoms with Crippen LogP contribution < -0.4 is 9.47 Å². The van der Waals surface area contributed by atoms with Gasteiger partial charge in [0.25, 0.3) is 0 Å². The highest BCUT2D eigenvalue weighted by atomic mass is 16.5. The lowest BCUT2D eigenvalue weighted by molar-refractivity contribution is -0.145. The molecule has 0 N–H and O–H groups in total. The van der Waals surface area contributed by atoms with Crippen LogP contribution in [0.5, 0.6) is 11.5 Å². The van der Waals surface area contributed by atoms with Gasteiger partial charge in [0.2, 0.25) is 0 Å². The number of ether oxygens (including phenoxy) is 3. The van der Waals surface area contributed by atoms with Crippen LogP contribution in [-0.4, -0.2) is 27.3 Å². The maximum Gasteiger partial charge on any atom is 0.308 e. The van der Waals surface area contributed by atoms with Gasteiger partial charge < -0.3 is 14.2 Å². The van der Waals surface area contributed by atoms with Crippen LogP contribution in [-0.2, 0) is 16.0 Å². The smallest absolute Gasteiger partial charge is 0.308 e. The molecule has 0 saturated heterocycles. The van der Waals surface area contributed by atoms with Crippen molar-refractivity contribution in [3.63, 3.8) is 0 Å². The van der Waals surface area contributed by atoms with E-state index in [4.69, 9.17) is 14.2 Å². The van der Waals surface area contributed by atoms with E-state index in [1.165, 1.54) is 7.11 Å². The van der Waals surface area contributed by atoms with Crippen LogP contribution in [0.25, 0.3) is 0 Å². The quantitative estimate of drug-likeness (QED) is 0.729. The fourth-order valence-corrected chi connectivity index (χ4v) is 1.85. The summed E-state index contributed by atoms with van der Waals surface area (Å²) < 4.78 is 15.2. The number of esters is 1. The minimum Gasteiger partial charge on any atom is -0.493 e. The first-order chi connectivity index (χ1) is 8.65. The van der Waals surface area contributed by atoms with Crippen molar-refractivity contribution >= 4 is 5.97 Å². The molecule has 0 aliphatic rings. The lowest BCUT2D eigenvalue weighted by Gasteiger charge is -2.14. The van der Waals surface area contributed by atoms with Crippen LogP contribution in [0.2, 0.25) is 0 Å². The third-order valence-corrected chi connectivity index (χ3v) is 2.96. The van der Waals surface area contributed by atoms with Crippen LogP contribution in [0, 0.1) is 5.92 Å². The van der Waals surface area contributed by atoms with E-state index < -0.39 is 0 Å². The molecule has 0 fully saturated rings. The Bertz CT molecular complexity index is 401. The Hall–Kier alpha value is -1.71. The number of hydrogen-bond donors (Lipinski definition) is 0. The van der Waals surface area contributed by atoms with E-state index in [-0.39, 0.29) is 11.9 Å². The Kier molecular flexibility index (Phi) is 5.49. The third-order valence-electron chi connectivity index (χ3n) is 2.96. The molecule has 100 valence electrons. The Balaban J connectivity index is 2.87. The lowest BCUT2D eigenvalue weighted by Crippen LogP contribution is -2.17. The average molecular weight is 252 g/mol. The molecule has 1 aromatic rings. The largest absolute Gasteiger partial charge is 0.493 e. The van der Waals surface area contributed by atoms with Gasteiger partial charge >= 0.3 is 5.97 Å². The molecule has 1 aromatic carbocycles. The summed E-state index contributed by atoms with van der Waals surface area (Å²) in [5, 5.41) is 0. The number of methoxy groups -OCH3 is 3. The second kappa shape index (κ2) is 6.89. The monoisotopic (exact) mass is 252 g/mol. The Morgan fingerprint density at radius 3 is 2.33 bits per heavy atom. The maximum atomic E-state index is 11.5. The topological polar surface area (TPSA) is 44.8 Å². The zero-order valence-electron chi connectivity index (χ0n) is 11.4. The van der Waals surface area contributed by atoms with Gasteiger partial charge in [0.1, 0.15) is 0 Å². The maximum absolute atomic E-state index is 11.5. The summed E-state index contributed by atoms with van der Waals surface area (Å²) in [5.74, 6) is 1.07. The molecule has 0 aromatic heterocycles. The zero-order valence-corrected chi connectivity index (χ0v) is 11.4. The van der Waals surface area contributed by atoms with Crippen LogP contribution in [0.3, 0.4) is 0 Å². The Morgan fingerprint density at radius 2 is 1.83 bits per heavy atom. The van der Waals surface area contributed by atoms with Gasteiger partial charge in [-0.25, -0.2) is 0 Å². The second-order valence-electron chi connectivity index (χ2n) is 4.02. The standard InChI is InChI=1S/C14H20O4/c1-5-11(14(15)18-4)8-10-6-7-12(16-2)13(9-10)17-3/h6-7,9,11H,5,8H2,1-4H3. The van der Waals surface area contributed by atoms with Crippen molar-refractivity contribution in [1.82, 2.24) is 0 Å². The summed E-state index contributed by atoms with van der Waals surface area (Å²) in [6, 6.07) is 5.68. The number of hydrogen-bond acceptors (Lipinski definition) is 4. The molecule has 0 spiro atoms. The summed E-state index contributed by atoms with van der Waals surface area (Å²) in [6.45, 7) is 1.97. The van der Waals surface area contributed by atoms with Crippen LogP contribution in [0.15, 0.2) is 18.2 Å². The molecule has 1 atom stereocenters. The summed E-state index contributed by atoms with van der Waals surface area (Å²) >= 11 is 0. The van der Waals surface area contributed by atoms with Crippen LogP contribution in [0.1, 0.15) is 18.9 Å². The van der Waals surface area contributed by atoms with Crippen molar-refractivity contribution in [2.45, 2.75) is 19.8 Å². The first-order valence-electron chi connectivity index (χ1n) is 5.95. The highest BCUT2D eigenvalue weighted by Gasteiger charge is 2.18. The highest BCUT2D eigenvalue weighted by Crippen LogP contribution is 2.28. The minimum absolute atomic E-state index is 0.117. The molecule has 1 rings (SSSR count). The van der Waals surface area contributed by atoms with E-state index in [0.717, 1.165) is 12.0 Å². The molecule has 18 heavy (non-hydrogen) atoms. The molecular weight excluding hydrogens is 232 g/mol. The van der Waals surface area contributed by atoms with E-state index >= 15 is 0 Å².